The fourth-order valence-corrected chi connectivity index (χ4v) is 5.23. The molecular formula is C21H16BrN3O5. The van der Waals surface area contributed by atoms with E-state index in [9.17, 15) is 19.7 Å². The van der Waals surface area contributed by atoms with Crippen LogP contribution in [0, 0.1) is 33.8 Å². The molecule has 3 aliphatic carbocycles. The number of benzene rings is 1. The van der Waals surface area contributed by atoms with Crippen molar-refractivity contribution in [2.24, 2.45) is 28.8 Å². The first-order valence-electron chi connectivity index (χ1n) is 9.58. The van der Waals surface area contributed by atoms with Crippen molar-refractivity contribution in [3.05, 3.63) is 62.8 Å². The van der Waals surface area contributed by atoms with Crippen LogP contribution in [0.5, 0.6) is 0 Å². The number of halogens is 1. The van der Waals surface area contributed by atoms with Crippen molar-refractivity contribution in [3.63, 3.8) is 0 Å². The minimum absolute atomic E-state index is 0.0325. The molecule has 1 aliphatic heterocycles. The number of nitro benzene ring substituents is 1. The number of carbonyl (C=O) groups is 2. The Morgan fingerprint density at radius 1 is 1.10 bits per heavy atom. The number of fused-ring (bicyclic) bond motifs is 1. The Morgan fingerprint density at radius 2 is 1.77 bits per heavy atom. The van der Waals surface area contributed by atoms with Crippen LogP contribution in [-0.4, -0.2) is 28.0 Å². The van der Waals surface area contributed by atoms with E-state index in [1.807, 2.05) is 0 Å². The smallest absolute Gasteiger partial charge is 0.270 e. The van der Waals surface area contributed by atoms with E-state index in [4.69, 9.17) is 4.42 Å². The Kier molecular flexibility index (Phi) is 4.43. The van der Waals surface area contributed by atoms with Gasteiger partial charge in [-0.3, -0.25) is 19.7 Å². The normalized spacial score (nSPS) is 27.3. The van der Waals surface area contributed by atoms with Gasteiger partial charge in [0.15, 0.2) is 0 Å². The van der Waals surface area contributed by atoms with Gasteiger partial charge in [0.1, 0.15) is 11.5 Å². The lowest BCUT2D eigenvalue weighted by atomic mass is 9.63. The van der Waals surface area contributed by atoms with Gasteiger partial charge in [0.2, 0.25) is 0 Å². The summed E-state index contributed by atoms with van der Waals surface area (Å²) >= 11 is 3.32. The molecule has 2 heterocycles. The molecule has 4 aliphatic rings. The highest BCUT2D eigenvalue weighted by molar-refractivity contribution is 9.10. The fourth-order valence-electron chi connectivity index (χ4n) is 4.67. The Balaban J connectivity index is 1.36. The van der Waals surface area contributed by atoms with Crippen molar-refractivity contribution in [3.8, 4) is 11.3 Å². The van der Waals surface area contributed by atoms with Gasteiger partial charge in [0, 0.05) is 22.2 Å². The zero-order chi connectivity index (χ0) is 21.0. The molecule has 2 bridgehead atoms. The number of hydrogen-bond donors (Lipinski definition) is 0. The summed E-state index contributed by atoms with van der Waals surface area (Å²) in [4.78, 5) is 36.0. The zero-order valence-corrected chi connectivity index (χ0v) is 17.2. The van der Waals surface area contributed by atoms with Crippen molar-refractivity contribution < 1.29 is 18.9 Å². The average Bonchev–Trinajstić information content (AvgIpc) is 3.31. The maximum atomic E-state index is 12.8. The Bertz CT molecular complexity index is 1110. The van der Waals surface area contributed by atoms with E-state index in [1.165, 1.54) is 18.3 Å². The van der Waals surface area contributed by atoms with Gasteiger partial charge in [0.05, 0.1) is 23.0 Å². The summed E-state index contributed by atoms with van der Waals surface area (Å²) in [5, 5.41) is 16.0. The Morgan fingerprint density at radius 3 is 2.33 bits per heavy atom. The molecule has 2 amide bonds. The lowest BCUT2D eigenvalue weighted by Gasteiger charge is -2.37. The highest BCUT2D eigenvalue weighted by atomic mass is 79.9. The summed E-state index contributed by atoms with van der Waals surface area (Å²) in [5.74, 6) is -0.0172. The van der Waals surface area contributed by atoms with Crippen LogP contribution in [0.3, 0.4) is 0 Å². The molecular weight excluding hydrogens is 454 g/mol. The first-order valence-corrected chi connectivity index (χ1v) is 10.4. The van der Waals surface area contributed by atoms with E-state index in [0.29, 0.717) is 21.6 Å². The van der Waals surface area contributed by atoms with E-state index >= 15 is 0 Å². The molecule has 1 saturated carbocycles. The summed E-state index contributed by atoms with van der Waals surface area (Å²) < 4.78 is 6.26. The minimum atomic E-state index is -0.474. The topological polar surface area (TPSA) is 106 Å². The third kappa shape index (κ3) is 2.92. The SMILES string of the molecule is O=C1[C@@H]2[C@H](C(=O)N1/N=C\c1ccc(-c3ccc([N+](=O)[O-])cc3Br)o1)[C@H]1C=C[C@@H]2CC1. The molecule has 0 N–H and O–H groups in total. The molecule has 30 heavy (non-hydrogen) atoms. The highest BCUT2D eigenvalue weighted by Gasteiger charge is 2.56. The number of rotatable bonds is 4. The summed E-state index contributed by atoms with van der Waals surface area (Å²) in [7, 11) is 0. The molecule has 0 spiro atoms. The summed E-state index contributed by atoms with van der Waals surface area (Å²) in [6.07, 6.45) is 7.35. The van der Waals surface area contributed by atoms with Gasteiger partial charge in [-0.05, 0) is 58.8 Å². The molecule has 2 fully saturated rings. The number of carbonyl (C=O) groups excluding carboxylic acids is 2. The second-order valence-electron chi connectivity index (χ2n) is 7.70. The molecule has 0 unspecified atom stereocenters. The molecule has 4 atom stereocenters. The average molecular weight is 470 g/mol. The van der Waals surface area contributed by atoms with Crippen molar-refractivity contribution in [2.75, 3.05) is 0 Å². The first kappa shape index (κ1) is 18.9. The number of hydrazone groups is 1. The van der Waals surface area contributed by atoms with Crippen molar-refractivity contribution in [1.82, 2.24) is 5.01 Å². The second kappa shape index (κ2) is 7.02. The Hall–Kier alpha value is -3.07. The van der Waals surface area contributed by atoms with Gasteiger partial charge in [0.25, 0.3) is 17.5 Å². The molecule has 152 valence electrons. The van der Waals surface area contributed by atoms with Crippen molar-refractivity contribution in [2.45, 2.75) is 12.8 Å². The predicted molar refractivity (Wildman–Crippen MR) is 110 cm³/mol. The second-order valence-corrected chi connectivity index (χ2v) is 8.55. The van der Waals surface area contributed by atoms with Crippen LogP contribution in [0.15, 0.2) is 56.5 Å². The largest absolute Gasteiger partial charge is 0.455 e. The van der Waals surface area contributed by atoms with E-state index in [-0.39, 0.29) is 41.2 Å². The number of non-ortho nitro benzene ring substituents is 1. The van der Waals surface area contributed by atoms with Gasteiger partial charge in [-0.2, -0.15) is 10.1 Å². The number of imide groups is 1. The third-order valence-corrected chi connectivity index (χ3v) is 6.75. The molecule has 9 heteroatoms. The van der Waals surface area contributed by atoms with E-state index < -0.39 is 4.92 Å². The van der Waals surface area contributed by atoms with E-state index in [0.717, 1.165) is 17.9 Å². The molecule has 1 saturated heterocycles. The van der Waals surface area contributed by atoms with Crippen LogP contribution in [0.4, 0.5) is 5.69 Å². The first-order chi connectivity index (χ1) is 14.4. The number of allylic oxidation sites excluding steroid dienone is 2. The van der Waals surface area contributed by atoms with Crippen molar-refractivity contribution in [1.29, 1.82) is 0 Å². The maximum Gasteiger partial charge on any atom is 0.270 e. The summed E-state index contributed by atoms with van der Waals surface area (Å²) in [6.45, 7) is 0. The number of nitrogens with zero attached hydrogens (tertiary/aromatic N) is 3. The molecule has 1 aromatic heterocycles. The van der Waals surface area contributed by atoms with Crippen LogP contribution >= 0.6 is 15.9 Å². The van der Waals surface area contributed by atoms with Crippen LogP contribution in [0.25, 0.3) is 11.3 Å². The number of nitro groups is 1. The van der Waals surface area contributed by atoms with Crippen LogP contribution in [0.1, 0.15) is 18.6 Å². The maximum absolute atomic E-state index is 12.8. The molecule has 2 aromatic rings. The quantitative estimate of drug-likeness (QED) is 0.220. The number of furan rings is 1. The monoisotopic (exact) mass is 469 g/mol. The molecule has 0 radical (unpaired) electrons. The predicted octanol–water partition coefficient (Wildman–Crippen LogP) is 4.15. The summed E-state index contributed by atoms with van der Waals surface area (Å²) in [5.41, 5.74) is 0.609. The van der Waals surface area contributed by atoms with E-state index in [1.54, 1.807) is 18.2 Å². The van der Waals surface area contributed by atoms with Gasteiger partial charge >= 0.3 is 0 Å². The van der Waals surface area contributed by atoms with Gasteiger partial charge in [-0.1, -0.05) is 12.2 Å². The molecule has 6 rings (SSSR count). The number of amides is 2. The van der Waals surface area contributed by atoms with Gasteiger partial charge in [-0.25, -0.2) is 0 Å². The van der Waals surface area contributed by atoms with Crippen molar-refractivity contribution >= 4 is 39.6 Å². The van der Waals surface area contributed by atoms with Crippen LogP contribution in [-0.2, 0) is 9.59 Å². The van der Waals surface area contributed by atoms with E-state index in [2.05, 4.69) is 33.2 Å². The van der Waals surface area contributed by atoms with Gasteiger partial charge < -0.3 is 4.42 Å². The minimum Gasteiger partial charge on any atom is -0.455 e. The fraction of sp³-hybridized carbons (Fsp3) is 0.286. The van der Waals surface area contributed by atoms with Crippen LogP contribution < -0.4 is 0 Å². The lowest BCUT2D eigenvalue weighted by molar-refractivity contribution is -0.384. The number of hydrogen-bond acceptors (Lipinski definition) is 6. The molecule has 1 aromatic carbocycles. The van der Waals surface area contributed by atoms with Crippen LogP contribution in [0.2, 0.25) is 0 Å². The lowest BCUT2D eigenvalue weighted by Crippen LogP contribution is -2.38. The zero-order valence-electron chi connectivity index (χ0n) is 15.6. The standard InChI is InChI=1S/C21H16BrN3O5/c22-16-9-13(25(28)29)5-7-15(16)17-8-6-14(30-17)10-23-24-20(26)18-11-1-2-12(4-3-11)19(18)21(24)27/h1-2,5-12,18-19H,3-4H2/b23-10-/t11-,12+,18+,19-. The Labute approximate surface area is 179 Å². The third-order valence-electron chi connectivity index (χ3n) is 6.09. The highest BCUT2D eigenvalue weighted by Crippen LogP contribution is 2.49. The summed E-state index contributed by atoms with van der Waals surface area (Å²) in [6, 6.07) is 7.74. The van der Waals surface area contributed by atoms with Gasteiger partial charge in [-0.15, -0.1) is 0 Å². The molecule has 8 nitrogen and oxygen atoms in total.